The monoisotopic (exact) mass is 507 g/mol. The van der Waals surface area contributed by atoms with Crippen LogP contribution in [0.4, 0.5) is 0 Å². The molecule has 1 aromatic carbocycles. The van der Waals surface area contributed by atoms with Gasteiger partial charge in [-0.1, -0.05) is 50.6 Å². The minimum Gasteiger partial charge on any atom is -0.481 e. The van der Waals surface area contributed by atoms with Crippen LogP contribution in [-0.2, 0) is 35.2 Å². The van der Waals surface area contributed by atoms with Crippen LogP contribution < -0.4 is 27.4 Å². The molecule has 198 valence electrons. The normalized spacial score (nSPS) is 14.9. The second-order valence-electron chi connectivity index (χ2n) is 8.40. The summed E-state index contributed by atoms with van der Waals surface area (Å²) >= 11 is 0. The van der Waals surface area contributed by atoms with Crippen molar-refractivity contribution >= 4 is 35.6 Å². The lowest BCUT2D eigenvalue weighted by molar-refractivity contribution is -0.143. The largest absolute Gasteiger partial charge is 0.481 e. The molecule has 13 nitrogen and oxygen atoms in total. The van der Waals surface area contributed by atoms with Gasteiger partial charge in [-0.05, 0) is 11.5 Å². The molecule has 1 aromatic rings. The van der Waals surface area contributed by atoms with Gasteiger partial charge < -0.3 is 37.6 Å². The first-order valence-corrected chi connectivity index (χ1v) is 11.3. The van der Waals surface area contributed by atoms with Crippen molar-refractivity contribution in [1.29, 1.82) is 0 Å². The first-order chi connectivity index (χ1) is 16.8. The Bertz CT molecular complexity index is 955. The smallest absolute Gasteiger partial charge is 0.326 e. The van der Waals surface area contributed by atoms with Gasteiger partial charge in [-0.25, -0.2) is 4.79 Å². The second kappa shape index (κ2) is 14.4. The number of rotatable bonds is 15. The Labute approximate surface area is 208 Å². The van der Waals surface area contributed by atoms with Crippen LogP contribution in [0.2, 0.25) is 0 Å². The minimum atomic E-state index is -1.63. The molecule has 1 rings (SSSR count). The van der Waals surface area contributed by atoms with E-state index in [2.05, 4.69) is 16.0 Å². The van der Waals surface area contributed by atoms with Crippen LogP contribution in [0, 0.1) is 5.92 Å². The summed E-state index contributed by atoms with van der Waals surface area (Å²) in [5, 5.41) is 25.7. The van der Waals surface area contributed by atoms with E-state index in [1.165, 1.54) is 0 Å². The lowest BCUT2D eigenvalue weighted by Crippen LogP contribution is -2.59. The molecule has 0 spiro atoms. The average Bonchev–Trinajstić information content (AvgIpc) is 2.80. The maximum atomic E-state index is 13.0. The highest BCUT2D eigenvalue weighted by atomic mass is 16.4. The van der Waals surface area contributed by atoms with Gasteiger partial charge in [0.2, 0.25) is 23.6 Å². The van der Waals surface area contributed by atoms with Gasteiger partial charge in [0, 0.05) is 6.42 Å². The Morgan fingerprint density at radius 2 is 1.44 bits per heavy atom. The average molecular weight is 508 g/mol. The van der Waals surface area contributed by atoms with Crippen molar-refractivity contribution in [3.8, 4) is 0 Å². The number of hydrogen-bond donors (Lipinski definition) is 7. The summed E-state index contributed by atoms with van der Waals surface area (Å²) in [5.41, 5.74) is 11.3. The molecule has 0 bridgehead atoms. The number of carboxylic acid groups (broad SMARTS) is 2. The Balaban J connectivity index is 3.04. The van der Waals surface area contributed by atoms with Gasteiger partial charge in [0.05, 0.1) is 18.9 Å². The van der Waals surface area contributed by atoms with Crippen LogP contribution in [0.3, 0.4) is 0 Å². The Morgan fingerprint density at radius 3 is 1.94 bits per heavy atom. The van der Waals surface area contributed by atoms with Crippen LogP contribution in [0.15, 0.2) is 30.3 Å². The van der Waals surface area contributed by atoms with E-state index in [4.69, 9.17) is 11.5 Å². The summed E-state index contributed by atoms with van der Waals surface area (Å²) in [5.74, 6) is -6.77. The second-order valence-corrected chi connectivity index (χ2v) is 8.40. The highest BCUT2D eigenvalue weighted by molar-refractivity contribution is 5.96. The van der Waals surface area contributed by atoms with E-state index < -0.39 is 78.5 Å². The van der Waals surface area contributed by atoms with E-state index >= 15 is 0 Å². The van der Waals surface area contributed by atoms with Crippen molar-refractivity contribution in [3.05, 3.63) is 35.9 Å². The predicted molar refractivity (Wildman–Crippen MR) is 127 cm³/mol. The van der Waals surface area contributed by atoms with Crippen molar-refractivity contribution < 1.29 is 39.0 Å². The van der Waals surface area contributed by atoms with Crippen LogP contribution in [0.1, 0.15) is 38.7 Å². The molecule has 0 radical (unpaired) electrons. The number of primary amides is 1. The van der Waals surface area contributed by atoms with Crippen LogP contribution in [0.5, 0.6) is 0 Å². The fraction of sp³-hybridized carbons (Fsp3) is 0.478. The molecule has 0 saturated carbocycles. The molecule has 0 aliphatic rings. The Kier molecular flexibility index (Phi) is 12.0. The van der Waals surface area contributed by atoms with Crippen molar-refractivity contribution in [2.24, 2.45) is 17.4 Å². The molecular weight excluding hydrogens is 474 g/mol. The summed E-state index contributed by atoms with van der Waals surface area (Å²) < 4.78 is 0. The third kappa shape index (κ3) is 10.1. The van der Waals surface area contributed by atoms with Crippen molar-refractivity contribution in [2.75, 3.05) is 0 Å². The molecule has 0 aromatic heterocycles. The van der Waals surface area contributed by atoms with Gasteiger partial charge in [0.1, 0.15) is 18.1 Å². The number of carboxylic acids is 2. The highest BCUT2D eigenvalue weighted by Gasteiger charge is 2.33. The first kappa shape index (κ1) is 30.0. The number of amides is 4. The van der Waals surface area contributed by atoms with Gasteiger partial charge in [-0.3, -0.25) is 24.0 Å². The number of aliphatic carboxylic acids is 2. The number of carbonyl (C=O) groups is 6. The summed E-state index contributed by atoms with van der Waals surface area (Å²) in [4.78, 5) is 72.2. The first-order valence-electron chi connectivity index (χ1n) is 11.3. The molecular formula is C23H33N5O8. The summed E-state index contributed by atoms with van der Waals surface area (Å²) in [7, 11) is 0. The van der Waals surface area contributed by atoms with E-state index in [9.17, 15) is 39.0 Å². The van der Waals surface area contributed by atoms with Crippen molar-refractivity contribution in [1.82, 2.24) is 16.0 Å². The van der Waals surface area contributed by atoms with Gasteiger partial charge in [-0.2, -0.15) is 0 Å². The Hall–Kier alpha value is -4.00. The molecule has 0 aliphatic carbocycles. The zero-order valence-corrected chi connectivity index (χ0v) is 20.1. The molecule has 0 saturated heterocycles. The van der Waals surface area contributed by atoms with Crippen LogP contribution in [0.25, 0.3) is 0 Å². The summed E-state index contributed by atoms with van der Waals surface area (Å²) in [6.07, 6.45) is -0.948. The SMILES string of the molecule is CCC(C)C(NC(=O)C(N)CC(N)=O)C(=O)NC(CC(=O)O)C(=O)NC(Cc1ccccc1)C(=O)O. The highest BCUT2D eigenvalue weighted by Crippen LogP contribution is 2.10. The van der Waals surface area contributed by atoms with Crippen molar-refractivity contribution in [2.45, 2.75) is 63.7 Å². The van der Waals surface area contributed by atoms with E-state index in [1.54, 1.807) is 44.2 Å². The van der Waals surface area contributed by atoms with E-state index in [-0.39, 0.29) is 6.42 Å². The van der Waals surface area contributed by atoms with Gasteiger partial charge >= 0.3 is 11.9 Å². The summed E-state index contributed by atoms with van der Waals surface area (Å²) in [6.45, 7) is 3.37. The quantitative estimate of drug-likeness (QED) is 0.146. The molecule has 0 aliphatic heterocycles. The maximum Gasteiger partial charge on any atom is 0.326 e. The molecule has 0 fully saturated rings. The minimum absolute atomic E-state index is 0.0705. The van der Waals surface area contributed by atoms with E-state index in [0.29, 0.717) is 12.0 Å². The number of benzene rings is 1. The Morgan fingerprint density at radius 1 is 0.861 bits per heavy atom. The van der Waals surface area contributed by atoms with Crippen LogP contribution in [-0.4, -0.2) is 69.9 Å². The third-order valence-electron chi connectivity index (χ3n) is 5.46. The number of hydrogen-bond acceptors (Lipinski definition) is 7. The van der Waals surface area contributed by atoms with E-state index in [0.717, 1.165) is 0 Å². The van der Waals surface area contributed by atoms with Gasteiger partial charge in [0.25, 0.3) is 0 Å². The topological polar surface area (TPSA) is 231 Å². The molecule has 36 heavy (non-hydrogen) atoms. The standard InChI is InChI=1S/C23H33N5O8/c1-3-12(2)19(28-20(32)14(24)10-17(25)29)22(34)26-15(11-18(30)31)21(33)27-16(23(35)36)9-13-7-5-4-6-8-13/h4-8,12,14-16,19H,3,9-11,24H2,1-2H3,(H2,25,29)(H,26,34)(H,27,33)(H,28,32)(H,30,31)(H,35,36). The predicted octanol–water partition coefficient (Wildman–Crippen LogP) is -1.51. The fourth-order valence-corrected chi connectivity index (χ4v) is 3.24. The van der Waals surface area contributed by atoms with Gasteiger partial charge in [-0.15, -0.1) is 0 Å². The third-order valence-corrected chi connectivity index (χ3v) is 5.46. The number of carbonyl (C=O) groups excluding carboxylic acids is 4. The van der Waals surface area contributed by atoms with Gasteiger partial charge in [0.15, 0.2) is 0 Å². The molecule has 13 heteroatoms. The van der Waals surface area contributed by atoms with Crippen LogP contribution >= 0.6 is 0 Å². The molecule has 9 N–H and O–H groups in total. The lowest BCUT2D eigenvalue weighted by atomic mass is 9.97. The van der Waals surface area contributed by atoms with E-state index in [1.807, 2.05) is 0 Å². The molecule has 5 atom stereocenters. The molecule has 5 unspecified atom stereocenters. The zero-order chi connectivity index (χ0) is 27.4. The zero-order valence-electron chi connectivity index (χ0n) is 20.1. The maximum absolute atomic E-state index is 13.0. The summed E-state index contributed by atoms with van der Waals surface area (Å²) in [6, 6.07) is 2.93. The molecule has 4 amide bonds. The lowest BCUT2D eigenvalue weighted by Gasteiger charge is -2.27. The molecule has 0 heterocycles. The van der Waals surface area contributed by atoms with Crippen molar-refractivity contribution in [3.63, 3.8) is 0 Å². The fourth-order valence-electron chi connectivity index (χ4n) is 3.24. The number of nitrogens with one attached hydrogen (secondary N) is 3. The number of nitrogens with two attached hydrogens (primary N) is 2.